The standard InChI is InChI=1S/C17H11N3O4/c21-15(13-3-1-9-22-13)18-12-7-5-11(6-8-12)16-19-20-17(24-16)14-4-2-10-23-14/h1-10H,(H,18,21). The van der Waals surface area contributed by atoms with Crippen molar-refractivity contribution in [2.45, 2.75) is 0 Å². The molecule has 3 aromatic heterocycles. The van der Waals surface area contributed by atoms with Gasteiger partial charge in [0, 0.05) is 11.3 Å². The lowest BCUT2D eigenvalue weighted by Crippen LogP contribution is -2.10. The second kappa shape index (κ2) is 5.88. The quantitative estimate of drug-likeness (QED) is 0.613. The fourth-order valence-electron chi connectivity index (χ4n) is 2.14. The summed E-state index contributed by atoms with van der Waals surface area (Å²) >= 11 is 0. The lowest BCUT2D eigenvalue weighted by Gasteiger charge is -2.03. The van der Waals surface area contributed by atoms with Gasteiger partial charge in [-0.05, 0) is 48.5 Å². The molecule has 0 atom stereocenters. The van der Waals surface area contributed by atoms with Gasteiger partial charge in [0.15, 0.2) is 11.5 Å². The molecular weight excluding hydrogens is 310 g/mol. The third-order valence-electron chi connectivity index (χ3n) is 3.29. The van der Waals surface area contributed by atoms with Crippen LogP contribution >= 0.6 is 0 Å². The van der Waals surface area contributed by atoms with Crippen LogP contribution in [0.1, 0.15) is 10.6 Å². The molecule has 1 amide bonds. The van der Waals surface area contributed by atoms with Crippen LogP contribution in [-0.2, 0) is 0 Å². The van der Waals surface area contributed by atoms with Gasteiger partial charge < -0.3 is 18.6 Å². The van der Waals surface area contributed by atoms with Crippen molar-refractivity contribution in [1.82, 2.24) is 10.2 Å². The molecule has 0 radical (unpaired) electrons. The highest BCUT2D eigenvalue weighted by atomic mass is 16.4. The molecule has 0 bridgehead atoms. The molecule has 7 nitrogen and oxygen atoms in total. The number of anilines is 1. The molecule has 4 aromatic rings. The van der Waals surface area contributed by atoms with E-state index in [9.17, 15) is 4.79 Å². The van der Waals surface area contributed by atoms with Gasteiger partial charge in [0.2, 0.25) is 5.89 Å². The molecule has 0 aliphatic heterocycles. The Balaban J connectivity index is 1.51. The normalized spacial score (nSPS) is 10.7. The number of hydrogen-bond donors (Lipinski definition) is 1. The van der Waals surface area contributed by atoms with Crippen molar-refractivity contribution in [3.63, 3.8) is 0 Å². The number of aromatic nitrogens is 2. The van der Waals surface area contributed by atoms with Crippen LogP contribution in [0.3, 0.4) is 0 Å². The molecule has 1 aromatic carbocycles. The van der Waals surface area contributed by atoms with E-state index >= 15 is 0 Å². The number of furan rings is 2. The number of rotatable bonds is 4. The van der Waals surface area contributed by atoms with E-state index in [1.165, 1.54) is 12.5 Å². The molecule has 0 unspecified atom stereocenters. The zero-order valence-electron chi connectivity index (χ0n) is 12.3. The third kappa shape index (κ3) is 2.70. The summed E-state index contributed by atoms with van der Waals surface area (Å²) < 4.78 is 15.8. The van der Waals surface area contributed by atoms with Crippen LogP contribution in [-0.4, -0.2) is 16.1 Å². The first kappa shape index (κ1) is 14.0. The minimum absolute atomic E-state index is 0.249. The van der Waals surface area contributed by atoms with E-state index in [1.807, 2.05) is 0 Å². The van der Waals surface area contributed by atoms with Crippen LogP contribution in [0.5, 0.6) is 0 Å². The summed E-state index contributed by atoms with van der Waals surface area (Å²) in [7, 11) is 0. The largest absolute Gasteiger partial charge is 0.459 e. The van der Waals surface area contributed by atoms with E-state index in [-0.39, 0.29) is 11.7 Å². The predicted octanol–water partition coefficient (Wildman–Crippen LogP) is 3.84. The highest BCUT2D eigenvalue weighted by Crippen LogP contribution is 2.25. The summed E-state index contributed by atoms with van der Waals surface area (Å²) in [5.41, 5.74) is 1.36. The maximum Gasteiger partial charge on any atom is 0.291 e. The number of carbonyl (C=O) groups is 1. The van der Waals surface area contributed by atoms with E-state index in [4.69, 9.17) is 13.3 Å². The van der Waals surface area contributed by atoms with Crippen LogP contribution in [0, 0.1) is 0 Å². The second-order valence-electron chi connectivity index (χ2n) is 4.90. The van der Waals surface area contributed by atoms with E-state index in [0.717, 1.165) is 5.56 Å². The maximum atomic E-state index is 11.9. The van der Waals surface area contributed by atoms with Crippen molar-refractivity contribution in [1.29, 1.82) is 0 Å². The molecule has 0 saturated heterocycles. The molecular formula is C17H11N3O4. The first-order valence-corrected chi connectivity index (χ1v) is 7.12. The monoisotopic (exact) mass is 321 g/mol. The van der Waals surface area contributed by atoms with Crippen molar-refractivity contribution in [2.75, 3.05) is 5.32 Å². The highest BCUT2D eigenvalue weighted by molar-refractivity contribution is 6.02. The van der Waals surface area contributed by atoms with E-state index in [2.05, 4.69) is 15.5 Å². The Morgan fingerprint density at radius 1 is 0.875 bits per heavy atom. The summed E-state index contributed by atoms with van der Waals surface area (Å²) in [5, 5.41) is 10.7. The first-order chi connectivity index (χ1) is 11.8. The summed E-state index contributed by atoms with van der Waals surface area (Å²) in [6, 6.07) is 13.8. The molecule has 3 heterocycles. The van der Waals surface area contributed by atoms with Gasteiger partial charge in [0.05, 0.1) is 12.5 Å². The minimum atomic E-state index is -0.314. The molecule has 1 N–H and O–H groups in total. The Morgan fingerprint density at radius 3 is 2.33 bits per heavy atom. The Hall–Kier alpha value is -3.61. The van der Waals surface area contributed by atoms with Crippen LogP contribution in [0.15, 0.2) is 74.3 Å². The van der Waals surface area contributed by atoms with Gasteiger partial charge in [-0.3, -0.25) is 4.79 Å². The molecule has 118 valence electrons. The van der Waals surface area contributed by atoms with E-state index in [0.29, 0.717) is 23.2 Å². The molecule has 0 spiro atoms. The van der Waals surface area contributed by atoms with Crippen LogP contribution in [0.25, 0.3) is 23.1 Å². The molecule has 0 aliphatic rings. The zero-order valence-corrected chi connectivity index (χ0v) is 12.3. The number of nitrogens with zero attached hydrogens (tertiary/aromatic N) is 2. The summed E-state index contributed by atoms with van der Waals surface area (Å²) in [6.07, 6.45) is 2.99. The number of benzene rings is 1. The number of amides is 1. The Labute approximate surface area is 135 Å². The van der Waals surface area contributed by atoms with Gasteiger partial charge in [0.1, 0.15) is 0 Å². The average Bonchev–Trinajstić information content (AvgIpc) is 3.35. The molecule has 24 heavy (non-hydrogen) atoms. The van der Waals surface area contributed by atoms with Gasteiger partial charge in [0.25, 0.3) is 11.8 Å². The summed E-state index contributed by atoms with van der Waals surface area (Å²) in [4.78, 5) is 11.9. The number of nitrogens with one attached hydrogen (secondary N) is 1. The zero-order chi connectivity index (χ0) is 16.4. The Kier molecular flexibility index (Phi) is 3.43. The lowest BCUT2D eigenvalue weighted by molar-refractivity contribution is 0.0996. The summed E-state index contributed by atoms with van der Waals surface area (Å²) in [6.45, 7) is 0. The Bertz CT molecular complexity index is 938. The number of carbonyl (C=O) groups excluding carboxylic acids is 1. The van der Waals surface area contributed by atoms with Crippen molar-refractivity contribution >= 4 is 11.6 Å². The maximum absolute atomic E-state index is 11.9. The highest BCUT2D eigenvalue weighted by Gasteiger charge is 2.13. The Morgan fingerprint density at radius 2 is 1.62 bits per heavy atom. The van der Waals surface area contributed by atoms with Crippen LogP contribution in [0.4, 0.5) is 5.69 Å². The van der Waals surface area contributed by atoms with Crippen molar-refractivity contribution in [3.8, 4) is 23.1 Å². The fraction of sp³-hybridized carbons (Fsp3) is 0. The topological polar surface area (TPSA) is 94.3 Å². The molecule has 0 fully saturated rings. The smallest absolute Gasteiger partial charge is 0.291 e. The van der Waals surface area contributed by atoms with Gasteiger partial charge in [-0.2, -0.15) is 0 Å². The van der Waals surface area contributed by atoms with Crippen molar-refractivity contribution in [2.24, 2.45) is 0 Å². The first-order valence-electron chi connectivity index (χ1n) is 7.12. The van der Waals surface area contributed by atoms with Gasteiger partial charge in [-0.1, -0.05) is 0 Å². The number of hydrogen-bond acceptors (Lipinski definition) is 6. The molecule has 4 rings (SSSR count). The van der Waals surface area contributed by atoms with Gasteiger partial charge in [-0.25, -0.2) is 0 Å². The predicted molar refractivity (Wildman–Crippen MR) is 84.1 cm³/mol. The second-order valence-corrected chi connectivity index (χ2v) is 4.90. The van der Waals surface area contributed by atoms with Crippen molar-refractivity contribution < 1.29 is 18.0 Å². The van der Waals surface area contributed by atoms with Crippen molar-refractivity contribution in [3.05, 3.63) is 66.8 Å². The SMILES string of the molecule is O=C(Nc1ccc(-c2nnc(-c3ccco3)o2)cc1)c1ccco1. The van der Waals surface area contributed by atoms with Gasteiger partial charge in [-0.15, -0.1) is 10.2 Å². The molecule has 0 aliphatic carbocycles. The summed E-state index contributed by atoms with van der Waals surface area (Å²) in [5.74, 6) is 1.12. The van der Waals surface area contributed by atoms with E-state index < -0.39 is 0 Å². The molecule has 0 saturated carbocycles. The lowest BCUT2D eigenvalue weighted by atomic mass is 10.2. The fourth-order valence-corrected chi connectivity index (χ4v) is 2.14. The van der Waals surface area contributed by atoms with E-state index in [1.54, 1.807) is 48.5 Å². The average molecular weight is 321 g/mol. The van der Waals surface area contributed by atoms with Crippen LogP contribution < -0.4 is 5.32 Å². The third-order valence-corrected chi connectivity index (χ3v) is 3.29. The molecule has 7 heteroatoms. The van der Waals surface area contributed by atoms with Gasteiger partial charge >= 0.3 is 0 Å². The van der Waals surface area contributed by atoms with Crippen LogP contribution in [0.2, 0.25) is 0 Å². The minimum Gasteiger partial charge on any atom is -0.459 e.